The van der Waals surface area contributed by atoms with Crippen LogP contribution in [0.1, 0.15) is 24.4 Å². The number of rotatable bonds is 5. The number of anilines is 2. The van der Waals surface area contributed by atoms with Crippen LogP contribution in [0.2, 0.25) is 0 Å². The molecule has 4 rings (SSSR count). The van der Waals surface area contributed by atoms with Crippen molar-refractivity contribution < 1.29 is 4.74 Å². The summed E-state index contributed by atoms with van der Waals surface area (Å²) in [5.41, 5.74) is 4.75. The highest BCUT2D eigenvalue weighted by Gasteiger charge is 2.23. The number of hydrogen-bond donors (Lipinski definition) is 0. The van der Waals surface area contributed by atoms with Crippen molar-refractivity contribution in [3.05, 3.63) is 47.0 Å². The normalized spacial score (nSPS) is 14.1. The number of hydrogen-bond acceptors (Lipinski definition) is 6. The van der Waals surface area contributed by atoms with Crippen molar-refractivity contribution in [3.63, 3.8) is 0 Å². The first-order valence-electron chi connectivity index (χ1n) is 9.88. The minimum Gasteiger partial charge on any atom is -0.496 e. The second-order valence-corrected chi connectivity index (χ2v) is 7.93. The zero-order valence-electron chi connectivity index (χ0n) is 17.0. The first-order chi connectivity index (χ1) is 14.2. The molecule has 5 nitrogen and oxygen atoms in total. The Morgan fingerprint density at radius 1 is 1.17 bits per heavy atom. The number of nitrogens with zero attached hydrogens (tertiary/aromatic N) is 4. The van der Waals surface area contributed by atoms with E-state index in [0.29, 0.717) is 5.57 Å². The van der Waals surface area contributed by atoms with Crippen molar-refractivity contribution in [2.24, 2.45) is 0 Å². The highest BCUT2D eigenvalue weighted by Crippen LogP contribution is 2.40. The molecule has 2 aromatic carbocycles. The molecule has 0 radical (unpaired) electrons. The molecule has 2 heterocycles. The molecule has 0 amide bonds. The number of fused-ring (bicyclic) bond motifs is 2. The minimum absolute atomic E-state index is 0.552. The molecule has 0 saturated heterocycles. The second-order valence-electron chi connectivity index (χ2n) is 6.90. The SMILES string of the molecule is CCN1CCN(CC)c2cc(OC)c(/C=C(/C#N)c3nc4ccccc4s3)cc21. The van der Waals surface area contributed by atoms with Crippen LogP contribution in [0.3, 0.4) is 0 Å². The van der Waals surface area contributed by atoms with Gasteiger partial charge in [0, 0.05) is 37.8 Å². The maximum atomic E-state index is 9.84. The maximum Gasteiger partial charge on any atom is 0.135 e. The fourth-order valence-electron chi connectivity index (χ4n) is 3.79. The average molecular weight is 405 g/mol. The van der Waals surface area contributed by atoms with E-state index in [1.807, 2.05) is 30.3 Å². The lowest BCUT2D eigenvalue weighted by Gasteiger charge is -2.38. The van der Waals surface area contributed by atoms with Gasteiger partial charge in [0.25, 0.3) is 0 Å². The molecule has 1 aliphatic rings. The van der Waals surface area contributed by atoms with Gasteiger partial charge in [0.1, 0.15) is 16.8 Å². The lowest BCUT2D eigenvalue weighted by molar-refractivity contribution is 0.413. The largest absolute Gasteiger partial charge is 0.496 e. The third kappa shape index (κ3) is 3.54. The summed E-state index contributed by atoms with van der Waals surface area (Å²) in [7, 11) is 1.68. The van der Waals surface area contributed by atoms with Gasteiger partial charge in [0.05, 0.1) is 34.3 Å². The average Bonchev–Trinajstić information content (AvgIpc) is 3.20. The fourth-order valence-corrected chi connectivity index (χ4v) is 4.73. The number of thiazole rings is 1. The zero-order valence-corrected chi connectivity index (χ0v) is 17.8. The number of nitriles is 1. The number of likely N-dealkylation sites (N-methyl/N-ethyl adjacent to an activating group) is 2. The van der Waals surface area contributed by atoms with Crippen LogP contribution in [0.5, 0.6) is 5.75 Å². The van der Waals surface area contributed by atoms with Crippen molar-refractivity contribution >= 4 is 44.6 Å². The number of ether oxygens (including phenoxy) is 1. The summed E-state index contributed by atoms with van der Waals surface area (Å²) in [6.07, 6.45) is 1.90. The molecule has 0 aliphatic carbocycles. The Bertz CT molecular complexity index is 1080. The highest BCUT2D eigenvalue weighted by molar-refractivity contribution is 7.19. The number of allylic oxidation sites excluding steroid dienone is 1. The molecule has 0 unspecified atom stereocenters. The molecule has 1 aliphatic heterocycles. The Morgan fingerprint density at radius 2 is 1.86 bits per heavy atom. The van der Waals surface area contributed by atoms with Crippen molar-refractivity contribution in [2.45, 2.75) is 13.8 Å². The molecule has 0 fully saturated rings. The van der Waals surface area contributed by atoms with Crippen molar-refractivity contribution in [2.75, 3.05) is 43.1 Å². The van der Waals surface area contributed by atoms with Gasteiger partial charge in [0.2, 0.25) is 0 Å². The second kappa shape index (κ2) is 8.14. The summed E-state index contributed by atoms with van der Waals surface area (Å²) in [6.45, 7) is 8.25. The Hall–Kier alpha value is -3.04. The van der Waals surface area contributed by atoms with Crippen molar-refractivity contribution in [3.8, 4) is 11.8 Å². The van der Waals surface area contributed by atoms with E-state index in [0.717, 1.165) is 52.7 Å². The molecule has 148 valence electrons. The first-order valence-corrected chi connectivity index (χ1v) is 10.7. The third-order valence-electron chi connectivity index (χ3n) is 5.36. The molecular weight excluding hydrogens is 380 g/mol. The van der Waals surface area contributed by atoms with Gasteiger partial charge in [-0.15, -0.1) is 11.3 Å². The van der Waals surface area contributed by atoms with Crippen molar-refractivity contribution in [1.29, 1.82) is 5.26 Å². The van der Waals surface area contributed by atoms with Gasteiger partial charge >= 0.3 is 0 Å². The smallest absolute Gasteiger partial charge is 0.135 e. The van der Waals surface area contributed by atoms with E-state index in [4.69, 9.17) is 4.74 Å². The van der Waals surface area contributed by atoms with Crippen LogP contribution < -0.4 is 14.5 Å². The summed E-state index contributed by atoms with van der Waals surface area (Å²) in [4.78, 5) is 9.40. The van der Waals surface area contributed by atoms with Gasteiger partial charge in [-0.25, -0.2) is 4.98 Å². The zero-order chi connectivity index (χ0) is 20.4. The molecule has 0 N–H and O–H groups in total. The molecular formula is C23H24N4OS. The fraction of sp³-hybridized carbons (Fsp3) is 0.304. The van der Waals surface area contributed by atoms with Gasteiger partial charge in [-0.1, -0.05) is 12.1 Å². The lowest BCUT2D eigenvalue weighted by Crippen LogP contribution is -2.41. The van der Waals surface area contributed by atoms with Gasteiger partial charge in [0.15, 0.2) is 0 Å². The molecule has 0 bridgehead atoms. The van der Waals surface area contributed by atoms with E-state index in [1.165, 1.54) is 22.7 Å². The van der Waals surface area contributed by atoms with E-state index in [9.17, 15) is 5.26 Å². The molecule has 0 spiro atoms. The summed E-state index contributed by atoms with van der Waals surface area (Å²) >= 11 is 1.54. The predicted molar refractivity (Wildman–Crippen MR) is 122 cm³/mol. The number of aromatic nitrogens is 1. The summed E-state index contributed by atoms with van der Waals surface area (Å²) < 4.78 is 6.78. The van der Waals surface area contributed by atoms with Crippen LogP contribution in [0.4, 0.5) is 11.4 Å². The van der Waals surface area contributed by atoms with Gasteiger partial charge in [-0.2, -0.15) is 5.26 Å². The van der Waals surface area contributed by atoms with Crippen LogP contribution in [0.15, 0.2) is 36.4 Å². The quantitative estimate of drug-likeness (QED) is 0.558. The van der Waals surface area contributed by atoms with Gasteiger partial charge in [-0.05, 0) is 38.1 Å². The van der Waals surface area contributed by atoms with Crippen LogP contribution in [0, 0.1) is 11.3 Å². The van der Waals surface area contributed by atoms with Crippen LogP contribution in [-0.4, -0.2) is 38.3 Å². The Balaban J connectivity index is 1.83. The molecule has 0 atom stereocenters. The monoisotopic (exact) mass is 404 g/mol. The van der Waals surface area contributed by atoms with Gasteiger partial charge in [-0.3, -0.25) is 0 Å². The van der Waals surface area contributed by atoms with Crippen molar-refractivity contribution in [1.82, 2.24) is 4.98 Å². The molecule has 29 heavy (non-hydrogen) atoms. The molecule has 1 aromatic heterocycles. The van der Waals surface area contributed by atoms with Crippen LogP contribution in [0.25, 0.3) is 21.9 Å². The molecule has 3 aromatic rings. The maximum absolute atomic E-state index is 9.84. The van der Waals surface area contributed by atoms with Gasteiger partial charge < -0.3 is 14.5 Å². The first kappa shape index (κ1) is 19.3. The molecule has 0 saturated carbocycles. The lowest BCUT2D eigenvalue weighted by atomic mass is 10.0. The summed E-state index contributed by atoms with van der Waals surface area (Å²) in [5.74, 6) is 0.772. The standard InChI is InChI=1S/C23H24N4OS/c1-4-26-10-11-27(5-2)20-14-21(28-3)16(13-19(20)26)12-17(15-24)23-25-18-8-6-7-9-22(18)29-23/h6-9,12-14H,4-5,10-11H2,1-3H3/b17-12-. The number of methoxy groups -OCH3 is 1. The number of para-hydroxylation sites is 1. The Kier molecular flexibility index (Phi) is 5.41. The van der Waals surface area contributed by atoms with Crippen LogP contribution >= 0.6 is 11.3 Å². The van der Waals surface area contributed by atoms with Crippen LogP contribution in [-0.2, 0) is 0 Å². The number of benzene rings is 2. The van der Waals surface area contributed by atoms with E-state index in [1.54, 1.807) is 7.11 Å². The summed E-state index contributed by atoms with van der Waals surface area (Å²) in [6, 6.07) is 14.5. The third-order valence-corrected chi connectivity index (χ3v) is 6.43. The summed E-state index contributed by atoms with van der Waals surface area (Å²) in [5, 5.41) is 10.6. The van der Waals surface area contributed by atoms with E-state index in [2.05, 4.69) is 46.8 Å². The van der Waals surface area contributed by atoms with E-state index < -0.39 is 0 Å². The van der Waals surface area contributed by atoms with E-state index >= 15 is 0 Å². The minimum atomic E-state index is 0.552. The Labute approximate surface area is 175 Å². The Morgan fingerprint density at radius 3 is 2.48 bits per heavy atom. The van der Waals surface area contributed by atoms with E-state index in [-0.39, 0.29) is 0 Å². The highest BCUT2D eigenvalue weighted by atomic mass is 32.1. The topological polar surface area (TPSA) is 52.4 Å². The molecule has 6 heteroatoms. The predicted octanol–water partition coefficient (Wildman–Crippen LogP) is 5.04.